The van der Waals surface area contributed by atoms with Crippen LogP contribution in [0.5, 0.6) is 0 Å². The minimum atomic E-state index is -0.360. The summed E-state index contributed by atoms with van der Waals surface area (Å²) in [5, 5.41) is 3.09. The highest BCUT2D eigenvalue weighted by molar-refractivity contribution is 6.11. The Labute approximate surface area is 174 Å². The predicted molar refractivity (Wildman–Crippen MR) is 115 cm³/mol. The fourth-order valence-corrected chi connectivity index (χ4v) is 3.55. The number of rotatable bonds is 5. The molecule has 0 bridgehead atoms. The van der Waals surface area contributed by atoms with Crippen LogP contribution in [0.4, 0.5) is 20.2 Å². The standard InChI is InChI=1S/C25H22F2N2O/c1-16(2)17-3-5-18(6-4-17)24-15-23(28-21-11-7-19(26)8-12-21)25(30)29(24)22-13-9-20(27)10-14-22/h3-16,24,28H,1-2H3/t24-/m0/s1. The van der Waals surface area contributed by atoms with Gasteiger partial charge in [0, 0.05) is 11.4 Å². The number of anilines is 2. The van der Waals surface area contributed by atoms with Crippen LogP contribution in [0.25, 0.3) is 0 Å². The predicted octanol–water partition coefficient (Wildman–Crippen LogP) is 6.17. The van der Waals surface area contributed by atoms with E-state index >= 15 is 0 Å². The van der Waals surface area contributed by atoms with Crippen LogP contribution in [-0.2, 0) is 4.79 Å². The fourth-order valence-electron chi connectivity index (χ4n) is 3.55. The molecule has 0 unspecified atom stereocenters. The molecule has 3 aromatic rings. The van der Waals surface area contributed by atoms with Gasteiger partial charge in [0.2, 0.25) is 0 Å². The van der Waals surface area contributed by atoms with E-state index in [1.165, 1.54) is 29.8 Å². The van der Waals surface area contributed by atoms with Gasteiger partial charge in [-0.1, -0.05) is 38.1 Å². The average Bonchev–Trinajstić information content (AvgIpc) is 3.06. The van der Waals surface area contributed by atoms with Crippen LogP contribution in [0.2, 0.25) is 0 Å². The first-order valence-corrected chi connectivity index (χ1v) is 9.86. The van der Waals surface area contributed by atoms with Crippen LogP contribution in [0.1, 0.15) is 36.9 Å². The van der Waals surface area contributed by atoms with Gasteiger partial charge in [-0.25, -0.2) is 8.78 Å². The van der Waals surface area contributed by atoms with Crippen molar-refractivity contribution < 1.29 is 13.6 Å². The van der Waals surface area contributed by atoms with Gasteiger partial charge in [-0.05, 0) is 71.7 Å². The number of benzene rings is 3. The normalized spacial score (nSPS) is 16.2. The molecule has 0 aromatic heterocycles. The molecule has 1 heterocycles. The van der Waals surface area contributed by atoms with Crippen molar-refractivity contribution in [1.29, 1.82) is 0 Å². The molecule has 1 amide bonds. The van der Waals surface area contributed by atoms with E-state index in [9.17, 15) is 13.6 Å². The molecule has 5 heteroatoms. The molecule has 1 atom stereocenters. The molecule has 0 saturated heterocycles. The number of nitrogens with one attached hydrogen (secondary N) is 1. The van der Waals surface area contributed by atoms with E-state index in [1.807, 2.05) is 18.2 Å². The van der Waals surface area contributed by atoms with E-state index in [0.29, 0.717) is 23.0 Å². The molecule has 152 valence electrons. The van der Waals surface area contributed by atoms with E-state index in [-0.39, 0.29) is 23.6 Å². The van der Waals surface area contributed by atoms with Crippen molar-refractivity contribution in [3.8, 4) is 0 Å². The summed E-state index contributed by atoms with van der Waals surface area (Å²) in [7, 11) is 0. The maximum atomic E-state index is 13.4. The number of carbonyl (C=O) groups excluding carboxylic acids is 1. The Balaban J connectivity index is 1.71. The summed E-state index contributed by atoms with van der Waals surface area (Å²) in [4.78, 5) is 14.9. The molecule has 0 fully saturated rings. The SMILES string of the molecule is CC(C)c1ccc([C@@H]2C=C(Nc3ccc(F)cc3)C(=O)N2c2ccc(F)cc2)cc1. The number of hydrogen-bond donors (Lipinski definition) is 1. The molecule has 3 aromatic carbocycles. The fraction of sp³-hybridized carbons (Fsp3) is 0.160. The summed E-state index contributed by atoms with van der Waals surface area (Å²) in [6.07, 6.45) is 1.85. The zero-order chi connectivity index (χ0) is 21.3. The largest absolute Gasteiger partial charge is 0.351 e. The van der Waals surface area contributed by atoms with Crippen molar-refractivity contribution in [2.75, 3.05) is 10.2 Å². The van der Waals surface area contributed by atoms with Crippen LogP contribution < -0.4 is 10.2 Å². The highest BCUT2D eigenvalue weighted by Gasteiger charge is 2.34. The molecule has 0 saturated carbocycles. The lowest BCUT2D eigenvalue weighted by Gasteiger charge is -2.25. The summed E-state index contributed by atoms with van der Waals surface area (Å²) in [6, 6.07) is 19.5. The highest BCUT2D eigenvalue weighted by atomic mass is 19.1. The van der Waals surface area contributed by atoms with Gasteiger partial charge in [0.25, 0.3) is 5.91 Å². The monoisotopic (exact) mass is 404 g/mol. The van der Waals surface area contributed by atoms with E-state index in [0.717, 1.165) is 5.56 Å². The zero-order valence-corrected chi connectivity index (χ0v) is 16.8. The highest BCUT2D eigenvalue weighted by Crippen LogP contribution is 2.36. The third kappa shape index (κ3) is 3.96. The zero-order valence-electron chi connectivity index (χ0n) is 16.8. The molecule has 1 N–H and O–H groups in total. The topological polar surface area (TPSA) is 32.3 Å². The molecule has 30 heavy (non-hydrogen) atoms. The Bertz CT molecular complexity index is 1070. The Hall–Kier alpha value is -3.47. The van der Waals surface area contributed by atoms with Gasteiger partial charge in [0.05, 0.1) is 6.04 Å². The van der Waals surface area contributed by atoms with Crippen LogP contribution in [0.3, 0.4) is 0 Å². The Kier molecular flexibility index (Phi) is 5.36. The van der Waals surface area contributed by atoms with E-state index in [1.54, 1.807) is 29.2 Å². The quantitative estimate of drug-likeness (QED) is 0.551. The second-order valence-electron chi connectivity index (χ2n) is 7.63. The van der Waals surface area contributed by atoms with Crippen molar-refractivity contribution in [1.82, 2.24) is 0 Å². The minimum absolute atomic E-state index is 0.233. The van der Waals surface area contributed by atoms with Gasteiger partial charge in [-0.3, -0.25) is 9.69 Å². The average molecular weight is 404 g/mol. The first kappa shape index (κ1) is 19.8. The lowest BCUT2D eigenvalue weighted by Crippen LogP contribution is -2.30. The van der Waals surface area contributed by atoms with Crippen LogP contribution in [0.15, 0.2) is 84.6 Å². The van der Waals surface area contributed by atoms with Crippen molar-refractivity contribution in [2.45, 2.75) is 25.8 Å². The van der Waals surface area contributed by atoms with Crippen molar-refractivity contribution in [3.63, 3.8) is 0 Å². The van der Waals surface area contributed by atoms with Gasteiger partial charge < -0.3 is 5.32 Å². The van der Waals surface area contributed by atoms with Gasteiger partial charge in [0.1, 0.15) is 17.3 Å². The first-order valence-electron chi connectivity index (χ1n) is 9.86. The number of halogens is 2. The van der Waals surface area contributed by atoms with Crippen molar-refractivity contribution in [2.24, 2.45) is 0 Å². The summed E-state index contributed by atoms with van der Waals surface area (Å²) >= 11 is 0. The summed E-state index contributed by atoms with van der Waals surface area (Å²) in [5.74, 6) is -0.531. The molecule has 1 aliphatic rings. The third-order valence-electron chi connectivity index (χ3n) is 5.22. The van der Waals surface area contributed by atoms with Gasteiger partial charge >= 0.3 is 0 Å². The molecule has 1 aliphatic heterocycles. The van der Waals surface area contributed by atoms with Crippen LogP contribution >= 0.6 is 0 Å². The van der Waals surface area contributed by atoms with Crippen LogP contribution in [-0.4, -0.2) is 5.91 Å². The van der Waals surface area contributed by atoms with Gasteiger partial charge in [-0.2, -0.15) is 0 Å². The van der Waals surface area contributed by atoms with Gasteiger partial charge in [0.15, 0.2) is 0 Å². The van der Waals surface area contributed by atoms with Crippen LogP contribution in [0, 0.1) is 11.6 Å². The number of hydrogen-bond acceptors (Lipinski definition) is 2. The number of amides is 1. The molecule has 0 radical (unpaired) electrons. The molecule has 4 rings (SSSR count). The first-order chi connectivity index (χ1) is 14.4. The van der Waals surface area contributed by atoms with Gasteiger partial charge in [-0.15, -0.1) is 0 Å². The second-order valence-corrected chi connectivity index (χ2v) is 7.63. The lowest BCUT2D eigenvalue weighted by molar-refractivity contribution is -0.114. The molecular formula is C25H22F2N2O. The maximum Gasteiger partial charge on any atom is 0.275 e. The Morgan fingerprint density at radius 3 is 1.97 bits per heavy atom. The molecular weight excluding hydrogens is 382 g/mol. The Morgan fingerprint density at radius 2 is 1.40 bits per heavy atom. The third-order valence-corrected chi connectivity index (χ3v) is 5.22. The van der Waals surface area contributed by atoms with Crippen molar-refractivity contribution >= 4 is 17.3 Å². The smallest absolute Gasteiger partial charge is 0.275 e. The summed E-state index contributed by atoms with van der Waals surface area (Å²) in [5.41, 5.74) is 3.78. The van der Waals surface area contributed by atoms with Crippen molar-refractivity contribution in [3.05, 3.63) is 107 Å². The van der Waals surface area contributed by atoms with E-state index in [2.05, 4.69) is 31.3 Å². The summed E-state index contributed by atoms with van der Waals surface area (Å²) in [6.45, 7) is 4.26. The number of carbonyl (C=O) groups is 1. The molecule has 0 aliphatic carbocycles. The summed E-state index contributed by atoms with van der Waals surface area (Å²) < 4.78 is 26.7. The second kappa shape index (κ2) is 8.11. The van der Waals surface area contributed by atoms with E-state index in [4.69, 9.17) is 0 Å². The molecule has 0 spiro atoms. The molecule has 3 nitrogen and oxygen atoms in total. The lowest BCUT2D eigenvalue weighted by atomic mass is 9.99. The van der Waals surface area contributed by atoms with E-state index < -0.39 is 0 Å². The Morgan fingerprint density at radius 1 is 0.833 bits per heavy atom. The maximum absolute atomic E-state index is 13.4. The number of nitrogens with zero attached hydrogens (tertiary/aromatic N) is 1. The minimum Gasteiger partial charge on any atom is -0.351 e.